The van der Waals surface area contributed by atoms with Gasteiger partial charge >= 0.3 is 0 Å². The molecule has 7 nitrogen and oxygen atoms in total. The summed E-state index contributed by atoms with van der Waals surface area (Å²) in [5, 5.41) is 2.74. The summed E-state index contributed by atoms with van der Waals surface area (Å²) in [5.74, 6) is -0.135. The van der Waals surface area contributed by atoms with Crippen LogP contribution in [-0.2, 0) is 14.3 Å². The van der Waals surface area contributed by atoms with Crippen molar-refractivity contribution in [1.82, 2.24) is 9.88 Å². The Kier molecular flexibility index (Phi) is 4.52. The summed E-state index contributed by atoms with van der Waals surface area (Å²) in [6, 6.07) is 3.29. The molecule has 3 N–H and O–H groups in total. The Labute approximate surface area is 117 Å². The molecule has 1 aromatic heterocycles. The van der Waals surface area contributed by atoms with Crippen molar-refractivity contribution >= 4 is 23.3 Å². The number of nitrogen functional groups attached to an aromatic ring is 1. The molecule has 20 heavy (non-hydrogen) atoms. The molecule has 0 aliphatic carbocycles. The fourth-order valence-corrected chi connectivity index (χ4v) is 2.09. The average Bonchev–Trinajstić information content (AvgIpc) is 2.80. The Morgan fingerprint density at radius 3 is 3.05 bits per heavy atom. The highest BCUT2D eigenvalue weighted by atomic mass is 16.5. The van der Waals surface area contributed by atoms with Crippen LogP contribution in [0.15, 0.2) is 18.3 Å². The first-order chi connectivity index (χ1) is 9.60. The quantitative estimate of drug-likeness (QED) is 0.796. The lowest BCUT2D eigenvalue weighted by molar-refractivity contribution is -0.128. The summed E-state index contributed by atoms with van der Waals surface area (Å²) >= 11 is 0. The SMILES string of the molecule is COCCN1CC(C(=O)Nc2ccc(N)nc2)CC1=O. The summed E-state index contributed by atoms with van der Waals surface area (Å²) in [4.78, 5) is 29.4. The second-order valence-electron chi connectivity index (χ2n) is 4.69. The van der Waals surface area contributed by atoms with Gasteiger partial charge in [-0.15, -0.1) is 0 Å². The van der Waals surface area contributed by atoms with Crippen LogP contribution < -0.4 is 11.1 Å². The lowest BCUT2D eigenvalue weighted by Gasteiger charge is -2.15. The number of rotatable bonds is 5. The van der Waals surface area contributed by atoms with E-state index in [2.05, 4.69) is 10.3 Å². The first kappa shape index (κ1) is 14.3. The molecule has 0 bridgehead atoms. The number of hydrogen-bond acceptors (Lipinski definition) is 5. The van der Waals surface area contributed by atoms with Crippen molar-refractivity contribution in [1.29, 1.82) is 0 Å². The van der Waals surface area contributed by atoms with Crippen LogP contribution in [0, 0.1) is 5.92 Å². The highest BCUT2D eigenvalue weighted by Crippen LogP contribution is 2.19. The fourth-order valence-electron chi connectivity index (χ4n) is 2.09. The maximum Gasteiger partial charge on any atom is 0.229 e. The van der Waals surface area contributed by atoms with Gasteiger partial charge in [0, 0.05) is 26.6 Å². The van der Waals surface area contributed by atoms with Crippen LogP contribution in [0.3, 0.4) is 0 Å². The van der Waals surface area contributed by atoms with Crippen LogP contribution in [0.4, 0.5) is 11.5 Å². The summed E-state index contributed by atoms with van der Waals surface area (Å²) in [5.41, 5.74) is 6.05. The summed E-state index contributed by atoms with van der Waals surface area (Å²) in [6.07, 6.45) is 1.73. The van der Waals surface area contributed by atoms with Gasteiger partial charge in [0.1, 0.15) is 5.82 Å². The van der Waals surface area contributed by atoms with Gasteiger partial charge in [0.2, 0.25) is 11.8 Å². The third-order valence-corrected chi connectivity index (χ3v) is 3.20. The van der Waals surface area contributed by atoms with Crippen molar-refractivity contribution in [2.75, 3.05) is 37.9 Å². The molecule has 1 fully saturated rings. The predicted molar refractivity (Wildman–Crippen MR) is 73.8 cm³/mol. The number of pyridine rings is 1. The summed E-state index contributed by atoms with van der Waals surface area (Å²) < 4.78 is 4.94. The molecule has 2 heterocycles. The van der Waals surface area contributed by atoms with E-state index in [1.807, 2.05) is 0 Å². The Hall–Kier alpha value is -2.15. The minimum Gasteiger partial charge on any atom is -0.384 e. The van der Waals surface area contributed by atoms with E-state index in [-0.39, 0.29) is 24.2 Å². The Bertz CT molecular complexity index is 489. The van der Waals surface area contributed by atoms with E-state index < -0.39 is 0 Å². The molecule has 1 aromatic rings. The van der Waals surface area contributed by atoms with Crippen molar-refractivity contribution in [2.24, 2.45) is 5.92 Å². The van der Waals surface area contributed by atoms with E-state index in [1.54, 1.807) is 24.1 Å². The number of aromatic nitrogens is 1. The van der Waals surface area contributed by atoms with Crippen LogP contribution in [0.25, 0.3) is 0 Å². The number of likely N-dealkylation sites (tertiary alicyclic amines) is 1. The van der Waals surface area contributed by atoms with Crippen LogP contribution >= 0.6 is 0 Å². The third-order valence-electron chi connectivity index (χ3n) is 3.20. The monoisotopic (exact) mass is 278 g/mol. The molecular weight excluding hydrogens is 260 g/mol. The smallest absolute Gasteiger partial charge is 0.229 e. The zero-order valence-corrected chi connectivity index (χ0v) is 11.3. The molecule has 0 radical (unpaired) electrons. The Morgan fingerprint density at radius 1 is 1.60 bits per heavy atom. The molecule has 0 aromatic carbocycles. The standard InChI is InChI=1S/C13H18N4O3/c1-20-5-4-17-8-9(6-12(17)18)13(19)16-10-2-3-11(14)15-7-10/h2-3,7,9H,4-6,8H2,1H3,(H2,14,15)(H,16,19). The number of amides is 2. The van der Waals surface area contributed by atoms with Crippen LogP contribution in [-0.4, -0.2) is 48.5 Å². The van der Waals surface area contributed by atoms with Gasteiger partial charge in [-0.05, 0) is 12.1 Å². The molecule has 0 saturated carbocycles. The number of ether oxygens (including phenoxy) is 1. The van der Waals surface area contributed by atoms with Gasteiger partial charge in [-0.25, -0.2) is 4.98 Å². The molecule has 1 atom stereocenters. The zero-order chi connectivity index (χ0) is 14.5. The van der Waals surface area contributed by atoms with Crippen molar-refractivity contribution in [3.8, 4) is 0 Å². The maximum absolute atomic E-state index is 12.1. The normalized spacial score (nSPS) is 18.4. The highest BCUT2D eigenvalue weighted by Gasteiger charge is 2.33. The van der Waals surface area contributed by atoms with E-state index in [1.165, 1.54) is 6.20 Å². The van der Waals surface area contributed by atoms with Gasteiger partial charge in [0.15, 0.2) is 0 Å². The van der Waals surface area contributed by atoms with Crippen molar-refractivity contribution in [3.05, 3.63) is 18.3 Å². The lowest BCUT2D eigenvalue weighted by atomic mass is 10.1. The molecule has 2 rings (SSSR count). The van der Waals surface area contributed by atoms with Gasteiger partial charge in [-0.1, -0.05) is 0 Å². The number of carbonyl (C=O) groups excluding carboxylic acids is 2. The maximum atomic E-state index is 12.1. The zero-order valence-electron chi connectivity index (χ0n) is 11.3. The molecule has 1 aliphatic heterocycles. The molecule has 1 unspecified atom stereocenters. The number of nitrogens with zero attached hydrogens (tertiary/aromatic N) is 2. The van der Waals surface area contributed by atoms with E-state index in [9.17, 15) is 9.59 Å². The summed E-state index contributed by atoms with van der Waals surface area (Å²) in [7, 11) is 1.58. The Balaban J connectivity index is 1.90. The van der Waals surface area contributed by atoms with Crippen molar-refractivity contribution in [2.45, 2.75) is 6.42 Å². The number of carbonyl (C=O) groups is 2. The molecule has 108 valence electrons. The highest BCUT2D eigenvalue weighted by molar-refractivity contribution is 5.97. The predicted octanol–water partition coefficient (Wildman–Crippen LogP) is 0.0972. The van der Waals surface area contributed by atoms with Gasteiger partial charge in [0.05, 0.1) is 24.4 Å². The molecule has 1 saturated heterocycles. The first-order valence-electron chi connectivity index (χ1n) is 6.39. The van der Waals surface area contributed by atoms with Gasteiger partial charge in [-0.3, -0.25) is 9.59 Å². The number of hydrogen-bond donors (Lipinski definition) is 2. The minimum absolute atomic E-state index is 0.0161. The first-order valence-corrected chi connectivity index (χ1v) is 6.39. The number of nitrogens with two attached hydrogens (primary N) is 1. The van der Waals surface area contributed by atoms with Crippen molar-refractivity contribution in [3.63, 3.8) is 0 Å². The van der Waals surface area contributed by atoms with Crippen molar-refractivity contribution < 1.29 is 14.3 Å². The molecule has 2 amide bonds. The number of nitrogens with one attached hydrogen (secondary N) is 1. The second-order valence-corrected chi connectivity index (χ2v) is 4.69. The average molecular weight is 278 g/mol. The van der Waals surface area contributed by atoms with Crippen LogP contribution in [0.5, 0.6) is 0 Å². The number of methoxy groups -OCH3 is 1. The van der Waals surface area contributed by atoms with Crippen LogP contribution in [0.1, 0.15) is 6.42 Å². The van der Waals surface area contributed by atoms with E-state index in [4.69, 9.17) is 10.5 Å². The summed E-state index contributed by atoms with van der Waals surface area (Å²) in [6.45, 7) is 1.42. The largest absolute Gasteiger partial charge is 0.384 e. The van der Waals surface area contributed by atoms with Gasteiger partial charge < -0.3 is 20.7 Å². The second kappa shape index (κ2) is 6.33. The van der Waals surface area contributed by atoms with Crippen LogP contribution in [0.2, 0.25) is 0 Å². The topological polar surface area (TPSA) is 97.6 Å². The molecular formula is C13H18N4O3. The Morgan fingerprint density at radius 2 is 2.40 bits per heavy atom. The van der Waals surface area contributed by atoms with Gasteiger partial charge in [0.25, 0.3) is 0 Å². The van der Waals surface area contributed by atoms with E-state index in [0.717, 1.165) is 0 Å². The number of anilines is 2. The van der Waals surface area contributed by atoms with E-state index >= 15 is 0 Å². The molecule has 1 aliphatic rings. The third kappa shape index (κ3) is 3.45. The van der Waals surface area contributed by atoms with E-state index in [0.29, 0.717) is 31.2 Å². The lowest BCUT2D eigenvalue weighted by Crippen LogP contribution is -2.30. The minimum atomic E-state index is -0.336. The van der Waals surface area contributed by atoms with Gasteiger partial charge in [-0.2, -0.15) is 0 Å². The fraction of sp³-hybridized carbons (Fsp3) is 0.462. The molecule has 0 spiro atoms. The molecule has 7 heteroatoms.